The fraction of sp³-hybridized carbons (Fsp3) is 0.263. The van der Waals surface area contributed by atoms with Crippen LogP contribution in [0.5, 0.6) is 5.75 Å². The Bertz CT molecular complexity index is 791. The summed E-state index contributed by atoms with van der Waals surface area (Å²) in [5, 5.41) is 21.5. The quantitative estimate of drug-likeness (QED) is 0.656. The Morgan fingerprint density at radius 3 is 2.54 bits per heavy atom. The van der Waals surface area contributed by atoms with Gasteiger partial charge in [-0.3, -0.25) is 4.79 Å². The summed E-state index contributed by atoms with van der Waals surface area (Å²) in [5.74, 6) is -1.18. The van der Waals surface area contributed by atoms with Gasteiger partial charge in [-0.2, -0.15) is 0 Å². The molecule has 1 amide bonds. The minimum Gasteiger partial charge on any atom is -0.489 e. The maximum absolute atomic E-state index is 11.9. The van der Waals surface area contributed by atoms with Crippen molar-refractivity contribution >= 4 is 23.5 Å². The standard InChI is InChI=1S/C19H20ClNO5/c1-19(25,18(23)24)12-21-17(22)10-13-4-3-7-16(9-13)26-11-14-5-2-6-15(20)8-14/h2-9,25H,10-12H2,1H3,(H,21,22)(H,23,24). The van der Waals surface area contributed by atoms with Crippen LogP contribution in [0.2, 0.25) is 5.02 Å². The van der Waals surface area contributed by atoms with Crippen molar-refractivity contribution in [3.05, 3.63) is 64.7 Å². The molecule has 0 heterocycles. The number of carboxylic acids is 1. The van der Waals surface area contributed by atoms with Crippen molar-refractivity contribution in [3.63, 3.8) is 0 Å². The van der Waals surface area contributed by atoms with E-state index in [1.54, 1.807) is 30.3 Å². The minimum atomic E-state index is -2.00. The van der Waals surface area contributed by atoms with Gasteiger partial charge >= 0.3 is 5.97 Å². The lowest BCUT2D eigenvalue weighted by molar-refractivity contribution is -0.156. The van der Waals surface area contributed by atoms with Crippen molar-refractivity contribution in [3.8, 4) is 5.75 Å². The lowest BCUT2D eigenvalue weighted by atomic mass is 10.1. The first-order chi connectivity index (χ1) is 12.3. The number of ether oxygens (including phenoxy) is 1. The van der Waals surface area contributed by atoms with Crippen LogP contribution >= 0.6 is 11.6 Å². The van der Waals surface area contributed by atoms with E-state index in [9.17, 15) is 14.7 Å². The van der Waals surface area contributed by atoms with Crippen molar-refractivity contribution in [1.29, 1.82) is 0 Å². The predicted molar refractivity (Wildman–Crippen MR) is 97.2 cm³/mol. The van der Waals surface area contributed by atoms with Gasteiger partial charge in [-0.05, 0) is 42.3 Å². The summed E-state index contributed by atoms with van der Waals surface area (Å²) in [5.41, 5.74) is -0.366. The third-order valence-electron chi connectivity index (χ3n) is 3.65. The van der Waals surface area contributed by atoms with Crippen molar-refractivity contribution in [2.75, 3.05) is 6.54 Å². The van der Waals surface area contributed by atoms with Crippen molar-refractivity contribution < 1.29 is 24.5 Å². The molecule has 1 atom stereocenters. The average Bonchev–Trinajstić information content (AvgIpc) is 2.59. The zero-order valence-electron chi connectivity index (χ0n) is 14.2. The summed E-state index contributed by atoms with van der Waals surface area (Å²) in [6, 6.07) is 14.4. The first kappa shape index (κ1) is 19.8. The number of aliphatic carboxylic acids is 1. The molecule has 0 radical (unpaired) electrons. The molecule has 0 spiro atoms. The number of halogens is 1. The maximum Gasteiger partial charge on any atom is 0.337 e. The second-order valence-electron chi connectivity index (χ2n) is 6.10. The first-order valence-electron chi connectivity index (χ1n) is 7.95. The molecule has 2 aromatic rings. The Kier molecular flexibility index (Phi) is 6.60. The van der Waals surface area contributed by atoms with Crippen LogP contribution in [0.15, 0.2) is 48.5 Å². The number of aliphatic hydroxyl groups is 1. The van der Waals surface area contributed by atoms with Crippen molar-refractivity contribution in [2.45, 2.75) is 25.6 Å². The summed E-state index contributed by atoms with van der Waals surface area (Å²) >= 11 is 5.94. The molecule has 0 fully saturated rings. The number of benzene rings is 2. The monoisotopic (exact) mass is 377 g/mol. The van der Waals surface area contributed by atoms with Crippen LogP contribution in [0.1, 0.15) is 18.1 Å². The zero-order chi connectivity index (χ0) is 19.2. The van der Waals surface area contributed by atoms with Gasteiger partial charge in [0.25, 0.3) is 0 Å². The Morgan fingerprint density at radius 1 is 1.15 bits per heavy atom. The molecule has 26 heavy (non-hydrogen) atoms. The van der Waals surface area contributed by atoms with Gasteiger partial charge in [0.1, 0.15) is 12.4 Å². The van der Waals surface area contributed by atoms with Gasteiger partial charge in [0, 0.05) is 5.02 Å². The fourth-order valence-corrected chi connectivity index (χ4v) is 2.35. The predicted octanol–water partition coefficient (Wildman–Crippen LogP) is 2.41. The molecule has 2 aromatic carbocycles. The molecule has 0 aliphatic carbocycles. The lowest BCUT2D eigenvalue weighted by Crippen LogP contribution is -2.46. The molecule has 0 saturated carbocycles. The van der Waals surface area contributed by atoms with Gasteiger partial charge in [0.15, 0.2) is 5.60 Å². The number of carbonyl (C=O) groups is 2. The van der Waals surface area contributed by atoms with Crippen LogP contribution in [-0.4, -0.2) is 34.2 Å². The van der Waals surface area contributed by atoms with Gasteiger partial charge in [0.2, 0.25) is 5.91 Å². The second-order valence-corrected chi connectivity index (χ2v) is 6.53. The molecule has 1 unspecified atom stereocenters. The topological polar surface area (TPSA) is 95.9 Å². The molecule has 0 saturated heterocycles. The van der Waals surface area contributed by atoms with Crippen LogP contribution in [0.3, 0.4) is 0 Å². The van der Waals surface area contributed by atoms with E-state index in [1.165, 1.54) is 0 Å². The lowest BCUT2D eigenvalue weighted by Gasteiger charge is -2.18. The van der Waals surface area contributed by atoms with Gasteiger partial charge in [-0.15, -0.1) is 0 Å². The van der Waals surface area contributed by atoms with Gasteiger partial charge in [0.05, 0.1) is 13.0 Å². The molecule has 6 nitrogen and oxygen atoms in total. The fourth-order valence-electron chi connectivity index (χ4n) is 2.13. The molecule has 3 N–H and O–H groups in total. The number of rotatable bonds is 8. The van der Waals surface area contributed by atoms with Crippen LogP contribution in [-0.2, 0) is 22.6 Å². The summed E-state index contributed by atoms with van der Waals surface area (Å²) in [6.07, 6.45) is 0.0457. The van der Waals surface area contributed by atoms with E-state index in [0.717, 1.165) is 12.5 Å². The number of nitrogens with one attached hydrogen (secondary N) is 1. The number of carbonyl (C=O) groups excluding carboxylic acids is 1. The summed E-state index contributed by atoms with van der Waals surface area (Å²) in [4.78, 5) is 22.8. The van der Waals surface area contributed by atoms with E-state index >= 15 is 0 Å². The molecule has 0 aromatic heterocycles. The van der Waals surface area contributed by atoms with Crippen molar-refractivity contribution in [1.82, 2.24) is 5.32 Å². The van der Waals surface area contributed by atoms with Crippen LogP contribution < -0.4 is 10.1 Å². The minimum absolute atomic E-state index is 0.0457. The number of amides is 1. The molecule has 0 bridgehead atoms. The van der Waals surface area contributed by atoms with Gasteiger partial charge in [-0.1, -0.05) is 35.9 Å². The maximum atomic E-state index is 11.9. The molecular weight excluding hydrogens is 358 g/mol. The van der Waals surface area contributed by atoms with E-state index in [-0.39, 0.29) is 13.0 Å². The second kappa shape index (κ2) is 8.69. The van der Waals surface area contributed by atoms with E-state index in [4.69, 9.17) is 21.4 Å². The van der Waals surface area contributed by atoms with Crippen LogP contribution in [0, 0.1) is 0 Å². The molecule has 0 aliphatic heterocycles. The largest absolute Gasteiger partial charge is 0.489 e. The zero-order valence-corrected chi connectivity index (χ0v) is 15.0. The van der Waals surface area contributed by atoms with E-state index in [1.807, 2.05) is 18.2 Å². The molecular formula is C19H20ClNO5. The third-order valence-corrected chi connectivity index (χ3v) is 3.88. The van der Waals surface area contributed by atoms with Gasteiger partial charge < -0.3 is 20.3 Å². The van der Waals surface area contributed by atoms with Crippen LogP contribution in [0.25, 0.3) is 0 Å². The highest BCUT2D eigenvalue weighted by Gasteiger charge is 2.30. The highest BCUT2D eigenvalue weighted by molar-refractivity contribution is 6.30. The molecule has 0 aliphatic rings. The Labute approximate surface area is 156 Å². The third kappa shape index (κ3) is 6.06. The first-order valence-corrected chi connectivity index (χ1v) is 8.33. The molecule has 138 valence electrons. The highest BCUT2D eigenvalue weighted by Crippen LogP contribution is 2.17. The number of carboxylic acid groups (broad SMARTS) is 1. The van der Waals surface area contributed by atoms with Crippen molar-refractivity contribution in [2.24, 2.45) is 0 Å². The Morgan fingerprint density at radius 2 is 1.85 bits per heavy atom. The smallest absolute Gasteiger partial charge is 0.337 e. The number of hydrogen-bond donors (Lipinski definition) is 3. The highest BCUT2D eigenvalue weighted by atomic mass is 35.5. The molecule has 2 rings (SSSR count). The average molecular weight is 378 g/mol. The Hall–Kier alpha value is -2.57. The summed E-state index contributed by atoms with van der Waals surface area (Å²) in [7, 11) is 0. The summed E-state index contributed by atoms with van der Waals surface area (Å²) < 4.78 is 5.71. The number of hydrogen-bond acceptors (Lipinski definition) is 4. The van der Waals surface area contributed by atoms with Crippen LogP contribution in [0.4, 0.5) is 0 Å². The SMILES string of the molecule is CC(O)(CNC(=O)Cc1cccc(OCc2cccc(Cl)c2)c1)C(=O)O. The molecule has 7 heteroatoms. The summed E-state index contributed by atoms with van der Waals surface area (Å²) in [6.45, 7) is 1.10. The van der Waals surface area contributed by atoms with E-state index < -0.39 is 17.5 Å². The normalized spacial score (nSPS) is 12.9. The van der Waals surface area contributed by atoms with E-state index in [2.05, 4.69) is 5.32 Å². The van der Waals surface area contributed by atoms with E-state index in [0.29, 0.717) is 22.9 Å². The van der Waals surface area contributed by atoms with Gasteiger partial charge in [-0.25, -0.2) is 4.79 Å². The Balaban J connectivity index is 1.90.